The van der Waals surface area contributed by atoms with Crippen LogP contribution in [0.4, 0.5) is 5.82 Å². The predicted molar refractivity (Wildman–Crippen MR) is 77.1 cm³/mol. The highest BCUT2D eigenvalue weighted by Gasteiger charge is 2.18. The summed E-state index contributed by atoms with van der Waals surface area (Å²) in [6, 6.07) is 6.09. The van der Waals surface area contributed by atoms with Crippen LogP contribution in [0.3, 0.4) is 0 Å². The molecule has 104 valence electrons. The van der Waals surface area contributed by atoms with Gasteiger partial charge >= 0.3 is 0 Å². The molecular weight excluding hydrogens is 238 g/mol. The molecule has 19 heavy (non-hydrogen) atoms. The molecule has 1 aliphatic heterocycles. The van der Waals surface area contributed by atoms with Crippen LogP contribution in [0, 0.1) is 18.3 Å². The van der Waals surface area contributed by atoms with Crippen LogP contribution in [0.2, 0.25) is 0 Å². The second-order valence-corrected chi connectivity index (χ2v) is 4.47. The fraction of sp³-hybridized carbons (Fsp3) is 0.600. The van der Waals surface area contributed by atoms with E-state index in [2.05, 4.69) is 16.0 Å². The highest BCUT2D eigenvalue weighted by molar-refractivity contribution is 5.42. The van der Waals surface area contributed by atoms with E-state index in [1.807, 2.05) is 32.9 Å². The number of rotatable bonds is 2. The Morgan fingerprint density at radius 3 is 2.53 bits per heavy atom. The van der Waals surface area contributed by atoms with Gasteiger partial charge in [0.15, 0.2) is 0 Å². The minimum absolute atomic E-state index is 0.162. The molecule has 2 rings (SSSR count). The lowest BCUT2D eigenvalue weighted by Crippen LogP contribution is -2.36. The highest BCUT2D eigenvalue weighted by Crippen LogP contribution is 2.19. The third-order valence-electron chi connectivity index (χ3n) is 3.24. The van der Waals surface area contributed by atoms with Gasteiger partial charge in [0.05, 0.1) is 18.6 Å². The summed E-state index contributed by atoms with van der Waals surface area (Å²) in [7, 11) is 0. The molecule has 1 fully saturated rings. The van der Waals surface area contributed by atoms with Crippen LogP contribution in [0.25, 0.3) is 0 Å². The number of aliphatic hydroxyl groups is 1. The maximum Gasteiger partial charge on any atom is 0.128 e. The van der Waals surface area contributed by atoms with Crippen LogP contribution in [-0.4, -0.2) is 29.3 Å². The van der Waals surface area contributed by atoms with E-state index < -0.39 is 0 Å². The van der Waals surface area contributed by atoms with Crippen LogP contribution in [0.1, 0.15) is 37.9 Å². The Morgan fingerprint density at radius 1 is 1.37 bits per heavy atom. The first-order valence-electron chi connectivity index (χ1n) is 6.97. The van der Waals surface area contributed by atoms with Crippen molar-refractivity contribution in [1.82, 2.24) is 4.98 Å². The number of aromatic nitrogens is 1. The van der Waals surface area contributed by atoms with Gasteiger partial charge in [-0.05, 0) is 31.4 Å². The molecule has 1 aromatic heterocycles. The Bertz CT molecular complexity index is 432. The molecule has 0 spiro atoms. The van der Waals surface area contributed by atoms with Gasteiger partial charge in [-0.2, -0.15) is 5.26 Å². The largest absolute Gasteiger partial charge is 0.393 e. The maximum absolute atomic E-state index is 9.46. The van der Waals surface area contributed by atoms with Gasteiger partial charge in [0.1, 0.15) is 5.82 Å². The van der Waals surface area contributed by atoms with E-state index in [4.69, 9.17) is 5.26 Å². The topological polar surface area (TPSA) is 60.1 Å². The van der Waals surface area contributed by atoms with Gasteiger partial charge in [0, 0.05) is 18.8 Å². The number of anilines is 1. The highest BCUT2D eigenvalue weighted by atomic mass is 16.3. The maximum atomic E-state index is 9.46. The molecule has 2 heterocycles. The Balaban J connectivity index is 0.000000861. The predicted octanol–water partition coefficient (Wildman–Crippen LogP) is 2.44. The van der Waals surface area contributed by atoms with Gasteiger partial charge in [0.2, 0.25) is 0 Å². The number of nitriles is 1. The Hall–Kier alpha value is -1.60. The van der Waals surface area contributed by atoms with Crippen molar-refractivity contribution in [3.05, 3.63) is 23.4 Å². The molecule has 0 radical (unpaired) electrons. The molecule has 0 aromatic carbocycles. The molecule has 0 aliphatic carbocycles. The average Bonchev–Trinajstić information content (AvgIpc) is 2.44. The molecule has 4 heteroatoms. The molecule has 0 saturated carbocycles. The molecule has 1 saturated heterocycles. The van der Waals surface area contributed by atoms with Crippen molar-refractivity contribution in [2.24, 2.45) is 0 Å². The van der Waals surface area contributed by atoms with E-state index in [1.54, 1.807) is 0 Å². The average molecular weight is 261 g/mol. The minimum atomic E-state index is -0.162. The standard InChI is InChI=1S/C13H17N3O.C2H6/c1-10-11(4-7-14)2-3-13(15-10)16-8-5-12(17)6-9-16;1-2/h2-3,12,17H,4-6,8-9H2,1H3;1-2H3. The van der Waals surface area contributed by atoms with Crippen molar-refractivity contribution in [3.63, 3.8) is 0 Å². The number of nitrogens with zero attached hydrogens (tertiary/aromatic N) is 3. The van der Waals surface area contributed by atoms with Crippen molar-refractivity contribution in [2.75, 3.05) is 18.0 Å². The number of pyridine rings is 1. The third kappa shape index (κ3) is 4.22. The summed E-state index contributed by atoms with van der Waals surface area (Å²) in [5.74, 6) is 0.955. The van der Waals surface area contributed by atoms with Gasteiger partial charge in [-0.3, -0.25) is 0 Å². The quantitative estimate of drug-likeness (QED) is 0.888. The third-order valence-corrected chi connectivity index (χ3v) is 3.24. The second-order valence-electron chi connectivity index (χ2n) is 4.47. The lowest BCUT2D eigenvalue weighted by molar-refractivity contribution is 0.145. The Morgan fingerprint density at radius 2 is 2.00 bits per heavy atom. The molecule has 1 aliphatic rings. The first-order chi connectivity index (χ1) is 9.20. The summed E-state index contributed by atoms with van der Waals surface area (Å²) < 4.78 is 0. The monoisotopic (exact) mass is 261 g/mol. The number of hydrogen-bond donors (Lipinski definition) is 1. The van der Waals surface area contributed by atoms with E-state index in [0.717, 1.165) is 43.0 Å². The number of aryl methyl sites for hydroxylation is 1. The van der Waals surface area contributed by atoms with E-state index >= 15 is 0 Å². The van der Waals surface area contributed by atoms with Crippen LogP contribution < -0.4 is 4.90 Å². The molecule has 1 aromatic rings. The zero-order chi connectivity index (χ0) is 14.3. The first-order valence-corrected chi connectivity index (χ1v) is 6.97. The molecule has 0 amide bonds. The Labute approximate surface area is 115 Å². The lowest BCUT2D eigenvalue weighted by atomic mass is 10.1. The number of piperidine rings is 1. The summed E-state index contributed by atoms with van der Waals surface area (Å²) in [6.45, 7) is 7.64. The SMILES string of the molecule is CC.Cc1nc(N2CCC(O)CC2)ccc1CC#N. The van der Waals surface area contributed by atoms with Crippen molar-refractivity contribution < 1.29 is 5.11 Å². The van der Waals surface area contributed by atoms with Gasteiger partial charge < -0.3 is 10.0 Å². The number of hydrogen-bond acceptors (Lipinski definition) is 4. The summed E-state index contributed by atoms with van der Waals surface area (Å²) in [6.07, 6.45) is 1.87. The lowest BCUT2D eigenvalue weighted by Gasteiger charge is -2.30. The van der Waals surface area contributed by atoms with Gasteiger partial charge in [-0.15, -0.1) is 0 Å². The summed E-state index contributed by atoms with van der Waals surface area (Å²) >= 11 is 0. The van der Waals surface area contributed by atoms with Crippen LogP contribution in [0.5, 0.6) is 0 Å². The molecule has 4 nitrogen and oxygen atoms in total. The first kappa shape index (κ1) is 15.5. The van der Waals surface area contributed by atoms with Crippen LogP contribution >= 0.6 is 0 Å². The minimum Gasteiger partial charge on any atom is -0.393 e. The molecule has 0 bridgehead atoms. The van der Waals surface area contributed by atoms with Crippen molar-refractivity contribution in [1.29, 1.82) is 5.26 Å². The molecule has 0 atom stereocenters. The van der Waals surface area contributed by atoms with Gasteiger partial charge in [-0.1, -0.05) is 19.9 Å². The molecule has 1 N–H and O–H groups in total. The second kappa shape index (κ2) is 7.75. The zero-order valence-corrected chi connectivity index (χ0v) is 12.1. The van der Waals surface area contributed by atoms with E-state index in [9.17, 15) is 5.11 Å². The summed E-state index contributed by atoms with van der Waals surface area (Å²) in [5.41, 5.74) is 1.92. The van der Waals surface area contributed by atoms with E-state index in [0.29, 0.717) is 6.42 Å². The van der Waals surface area contributed by atoms with Crippen molar-refractivity contribution in [3.8, 4) is 6.07 Å². The van der Waals surface area contributed by atoms with Crippen molar-refractivity contribution in [2.45, 2.75) is 46.1 Å². The van der Waals surface area contributed by atoms with Crippen molar-refractivity contribution >= 4 is 5.82 Å². The zero-order valence-electron chi connectivity index (χ0n) is 12.1. The van der Waals surface area contributed by atoms with Crippen LogP contribution in [-0.2, 0) is 6.42 Å². The molecule has 0 unspecified atom stereocenters. The number of aliphatic hydroxyl groups excluding tert-OH is 1. The summed E-state index contributed by atoms with van der Waals surface area (Å²) in [4.78, 5) is 6.72. The fourth-order valence-corrected chi connectivity index (χ4v) is 2.12. The fourth-order valence-electron chi connectivity index (χ4n) is 2.12. The smallest absolute Gasteiger partial charge is 0.128 e. The molecular formula is C15H23N3O. The van der Waals surface area contributed by atoms with E-state index in [1.165, 1.54) is 0 Å². The van der Waals surface area contributed by atoms with Gasteiger partial charge in [-0.25, -0.2) is 4.98 Å². The normalized spacial score (nSPS) is 15.4. The van der Waals surface area contributed by atoms with Gasteiger partial charge in [0.25, 0.3) is 0 Å². The Kier molecular flexibility index (Phi) is 6.31. The summed E-state index contributed by atoms with van der Waals surface area (Å²) in [5, 5.41) is 18.1. The van der Waals surface area contributed by atoms with Crippen LogP contribution in [0.15, 0.2) is 12.1 Å². The van der Waals surface area contributed by atoms with E-state index in [-0.39, 0.29) is 6.10 Å².